The first-order valence-corrected chi connectivity index (χ1v) is 10.6. The number of anilines is 1. The van der Waals surface area contributed by atoms with Gasteiger partial charge in [0.05, 0.1) is 19.8 Å². The molecule has 1 unspecified atom stereocenters. The van der Waals surface area contributed by atoms with Gasteiger partial charge in [-0.1, -0.05) is 12.0 Å². The molecular formula is C23H23FN6O4. The van der Waals surface area contributed by atoms with Crippen molar-refractivity contribution < 1.29 is 23.5 Å². The van der Waals surface area contributed by atoms with Crippen LogP contribution in [0, 0.1) is 5.82 Å². The quantitative estimate of drug-likeness (QED) is 0.486. The fourth-order valence-corrected chi connectivity index (χ4v) is 3.73. The van der Waals surface area contributed by atoms with Crippen LogP contribution in [0.5, 0.6) is 11.5 Å². The van der Waals surface area contributed by atoms with Gasteiger partial charge in [-0.15, -0.1) is 0 Å². The molecule has 2 N–H and O–H groups in total. The average molecular weight is 466 g/mol. The van der Waals surface area contributed by atoms with E-state index in [1.54, 1.807) is 18.2 Å². The van der Waals surface area contributed by atoms with Crippen LogP contribution in [0.1, 0.15) is 35.3 Å². The van der Waals surface area contributed by atoms with E-state index < -0.39 is 23.5 Å². The van der Waals surface area contributed by atoms with Gasteiger partial charge in [-0.05, 0) is 59.3 Å². The van der Waals surface area contributed by atoms with Gasteiger partial charge in [-0.3, -0.25) is 9.59 Å². The predicted octanol–water partition coefficient (Wildman–Crippen LogP) is 2.51. The summed E-state index contributed by atoms with van der Waals surface area (Å²) in [6.07, 6.45) is 0.700. The maximum Gasteiger partial charge on any atom is 0.268 e. The molecule has 0 aliphatic carbocycles. The van der Waals surface area contributed by atoms with Gasteiger partial charge in [0.15, 0.2) is 5.78 Å². The van der Waals surface area contributed by atoms with Crippen LogP contribution in [0.4, 0.5) is 10.3 Å². The number of halogens is 1. The number of ether oxygens (including phenoxy) is 2. The van der Waals surface area contributed by atoms with E-state index in [1.165, 1.54) is 43.2 Å². The van der Waals surface area contributed by atoms with E-state index in [4.69, 9.17) is 9.47 Å². The number of nitrogens with one attached hydrogen (secondary N) is 2. The minimum Gasteiger partial charge on any atom is -0.497 e. The lowest BCUT2D eigenvalue weighted by Gasteiger charge is -2.29. The Hall–Kier alpha value is -4.28. The third-order valence-electron chi connectivity index (χ3n) is 5.36. The van der Waals surface area contributed by atoms with Gasteiger partial charge in [0, 0.05) is 17.7 Å². The number of carbonyl (C=O) groups excluding carboxylic acids is 2. The second kappa shape index (κ2) is 9.69. The van der Waals surface area contributed by atoms with Crippen molar-refractivity contribution in [2.24, 2.45) is 0 Å². The van der Waals surface area contributed by atoms with Gasteiger partial charge < -0.3 is 20.1 Å². The first-order valence-electron chi connectivity index (χ1n) is 10.6. The Morgan fingerprint density at radius 2 is 1.91 bits per heavy atom. The molecule has 3 aromatic rings. The Labute approximate surface area is 194 Å². The number of methoxy groups -OCH3 is 2. The largest absolute Gasteiger partial charge is 0.497 e. The molecule has 0 saturated carbocycles. The monoisotopic (exact) mass is 466 g/mol. The molecule has 0 saturated heterocycles. The Kier molecular flexibility index (Phi) is 6.53. The van der Waals surface area contributed by atoms with E-state index in [0.29, 0.717) is 30.0 Å². The molecular weight excluding hydrogens is 443 g/mol. The van der Waals surface area contributed by atoms with Gasteiger partial charge in [0.2, 0.25) is 5.95 Å². The molecule has 4 rings (SSSR count). The fraction of sp³-hybridized carbons (Fsp3) is 0.261. The molecule has 34 heavy (non-hydrogen) atoms. The molecule has 2 aromatic carbocycles. The molecule has 1 amide bonds. The van der Waals surface area contributed by atoms with Crippen molar-refractivity contribution in [3.63, 3.8) is 0 Å². The van der Waals surface area contributed by atoms with Crippen LogP contribution in [-0.2, 0) is 4.79 Å². The lowest BCUT2D eigenvalue weighted by Crippen LogP contribution is -2.37. The van der Waals surface area contributed by atoms with E-state index in [1.807, 2.05) is 6.92 Å². The first kappa shape index (κ1) is 22.9. The van der Waals surface area contributed by atoms with E-state index in [9.17, 15) is 14.0 Å². The first-order chi connectivity index (χ1) is 16.5. The average Bonchev–Trinajstić information content (AvgIpc) is 3.34. The zero-order chi connectivity index (χ0) is 24.2. The summed E-state index contributed by atoms with van der Waals surface area (Å²) in [4.78, 5) is 27.0. The van der Waals surface area contributed by atoms with E-state index in [-0.39, 0.29) is 22.8 Å². The summed E-state index contributed by atoms with van der Waals surface area (Å²) in [6, 6.07) is 9.26. The number of fused-ring (bicyclic) bond motifs is 1. The standard InChI is InChI=1S/C23H23FN6O4/c1-4-11-25-22(32)19-18(21(31)13-5-7-14(24)8-6-13)20(30-23(26-19)27-28-29-30)16-12-15(33-2)9-10-17(16)34-3/h5-10,12,20H,4,11H2,1-3H3,(H,25,32)(H,26,27,29). The van der Waals surface area contributed by atoms with Gasteiger partial charge >= 0.3 is 0 Å². The summed E-state index contributed by atoms with van der Waals surface area (Å²) in [5, 5.41) is 17.4. The van der Waals surface area contributed by atoms with Crippen molar-refractivity contribution >= 4 is 17.6 Å². The molecule has 0 spiro atoms. The number of carbonyl (C=O) groups is 2. The summed E-state index contributed by atoms with van der Waals surface area (Å²) >= 11 is 0. The number of Topliss-reactive ketones (excluding diaryl/α,β-unsaturated/α-hetero) is 1. The van der Waals surface area contributed by atoms with E-state index >= 15 is 0 Å². The number of ketones is 1. The van der Waals surface area contributed by atoms with Crippen LogP contribution in [0.25, 0.3) is 0 Å². The second-order valence-electron chi connectivity index (χ2n) is 7.46. The lowest BCUT2D eigenvalue weighted by atomic mass is 9.88. The number of benzene rings is 2. The molecule has 176 valence electrons. The zero-order valence-corrected chi connectivity index (χ0v) is 18.8. The van der Waals surface area contributed by atoms with Gasteiger partial charge in [-0.2, -0.15) is 4.68 Å². The Balaban J connectivity index is 1.97. The minimum atomic E-state index is -0.934. The summed E-state index contributed by atoms with van der Waals surface area (Å²) < 4.78 is 25.9. The Morgan fingerprint density at radius 3 is 2.59 bits per heavy atom. The van der Waals surface area contributed by atoms with Crippen molar-refractivity contribution in [1.82, 2.24) is 25.5 Å². The maximum atomic E-state index is 13.8. The van der Waals surface area contributed by atoms with Crippen molar-refractivity contribution in [2.75, 3.05) is 26.1 Å². The lowest BCUT2D eigenvalue weighted by molar-refractivity contribution is -0.117. The number of rotatable bonds is 8. The molecule has 1 aliphatic rings. The highest BCUT2D eigenvalue weighted by Gasteiger charge is 2.39. The van der Waals surface area contributed by atoms with Crippen LogP contribution in [0.2, 0.25) is 0 Å². The van der Waals surface area contributed by atoms with Crippen LogP contribution in [-0.4, -0.2) is 52.7 Å². The van der Waals surface area contributed by atoms with Crippen molar-refractivity contribution in [1.29, 1.82) is 0 Å². The van der Waals surface area contributed by atoms with E-state index in [2.05, 4.69) is 26.2 Å². The van der Waals surface area contributed by atoms with Gasteiger partial charge in [0.1, 0.15) is 29.1 Å². The van der Waals surface area contributed by atoms with Crippen LogP contribution < -0.4 is 20.1 Å². The Bertz CT molecular complexity index is 1250. The smallest absolute Gasteiger partial charge is 0.268 e. The highest BCUT2D eigenvalue weighted by atomic mass is 19.1. The number of allylic oxidation sites excluding steroid dienone is 1. The van der Waals surface area contributed by atoms with Crippen LogP contribution in [0.3, 0.4) is 0 Å². The van der Waals surface area contributed by atoms with Gasteiger partial charge in [0.25, 0.3) is 5.91 Å². The number of amides is 1. The Morgan fingerprint density at radius 1 is 1.15 bits per heavy atom. The topological polar surface area (TPSA) is 120 Å². The molecule has 10 nitrogen and oxygen atoms in total. The highest BCUT2D eigenvalue weighted by Crippen LogP contribution is 2.41. The van der Waals surface area contributed by atoms with Gasteiger partial charge in [-0.25, -0.2) is 4.39 Å². The number of hydrogen-bond donors (Lipinski definition) is 2. The van der Waals surface area contributed by atoms with Crippen molar-refractivity contribution in [3.8, 4) is 11.5 Å². The molecule has 2 heterocycles. The summed E-state index contributed by atoms with van der Waals surface area (Å²) in [5.74, 6) is -0.353. The predicted molar refractivity (Wildman–Crippen MR) is 120 cm³/mol. The highest BCUT2D eigenvalue weighted by molar-refractivity contribution is 6.15. The normalized spacial score (nSPS) is 14.8. The molecule has 11 heteroatoms. The second-order valence-corrected chi connectivity index (χ2v) is 7.46. The molecule has 0 fully saturated rings. The SMILES string of the molecule is CCCNC(=O)C1=C(C(=O)c2ccc(F)cc2)C(c2cc(OC)ccc2OC)n2nnnc2N1. The molecule has 1 aliphatic heterocycles. The third kappa shape index (κ3) is 4.19. The minimum absolute atomic E-state index is 0.0000482. The zero-order valence-electron chi connectivity index (χ0n) is 18.8. The number of aromatic nitrogens is 4. The molecule has 1 atom stereocenters. The maximum absolute atomic E-state index is 13.8. The number of tetrazole rings is 1. The molecule has 0 bridgehead atoms. The van der Waals surface area contributed by atoms with E-state index in [0.717, 1.165) is 0 Å². The van der Waals surface area contributed by atoms with Crippen LogP contribution in [0.15, 0.2) is 53.7 Å². The summed E-state index contributed by atoms with van der Waals surface area (Å²) in [6.45, 7) is 2.32. The van der Waals surface area contributed by atoms with Crippen LogP contribution >= 0.6 is 0 Å². The fourth-order valence-electron chi connectivity index (χ4n) is 3.73. The summed E-state index contributed by atoms with van der Waals surface area (Å²) in [5.41, 5.74) is 0.775. The third-order valence-corrected chi connectivity index (χ3v) is 5.36. The molecule has 1 aromatic heterocycles. The number of nitrogens with zero attached hydrogens (tertiary/aromatic N) is 4. The van der Waals surface area contributed by atoms with Crippen molar-refractivity contribution in [2.45, 2.75) is 19.4 Å². The van der Waals surface area contributed by atoms with Crippen molar-refractivity contribution in [3.05, 3.63) is 70.7 Å². The summed E-state index contributed by atoms with van der Waals surface area (Å²) in [7, 11) is 3.01. The number of hydrogen-bond acceptors (Lipinski definition) is 8. The molecule has 0 radical (unpaired) electrons.